The summed E-state index contributed by atoms with van der Waals surface area (Å²) in [4.78, 5) is 1.84. The van der Waals surface area contributed by atoms with Gasteiger partial charge in [-0.15, -0.1) is 0 Å². The Bertz CT molecular complexity index is 177. The van der Waals surface area contributed by atoms with Gasteiger partial charge in [0.15, 0.2) is 0 Å². The molecule has 0 aromatic carbocycles. The molecule has 0 aliphatic heterocycles. The number of methoxy groups -OCH3 is 1. The number of hydrogen-bond acceptors (Lipinski definition) is 3. The molecule has 0 radical (unpaired) electrons. The van der Waals surface area contributed by atoms with Gasteiger partial charge in [-0.1, -0.05) is 0 Å². The molecule has 0 saturated heterocycles. The lowest BCUT2D eigenvalue weighted by atomic mass is 10.4. The Morgan fingerprint density at radius 2 is 2.00 bits per heavy atom. The van der Waals surface area contributed by atoms with E-state index in [9.17, 15) is 0 Å². The third-order valence-corrected chi connectivity index (χ3v) is 1.31. The van der Waals surface area contributed by atoms with Gasteiger partial charge in [-0.25, -0.2) is 0 Å². The first kappa shape index (κ1) is 8.83. The van der Waals surface area contributed by atoms with Crippen LogP contribution < -0.4 is 0 Å². The first-order valence-electron chi connectivity index (χ1n) is 2.95. The molecule has 0 aliphatic carbocycles. The van der Waals surface area contributed by atoms with Gasteiger partial charge in [0.1, 0.15) is 6.07 Å². The monoisotopic (exact) mass is 140 g/mol. The predicted molar refractivity (Wildman–Crippen MR) is 39.0 cm³/mol. The van der Waals surface area contributed by atoms with E-state index in [1.165, 1.54) is 7.11 Å². The minimum absolute atomic E-state index is 0.366. The lowest BCUT2D eigenvalue weighted by Gasteiger charge is -2.13. The molecule has 3 heteroatoms. The maximum absolute atomic E-state index is 8.49. The molecule has 0 aromatic rings. The summed E-state index contributed by atoms with van der Waals surface area (Å²) in [5.74, 6) is 0.366. The normalized spacial score (nSPS) is 11.5. The zero-order chi connectivity index (χ0) is 8.15. The Morgan fingerprint density at radius 3 is 2.10 bits per heavy atom. The third kappa shape index (κ3) is 1.98. The number of allylic oxidation sites excluding steroid dienone is 2. The van der Waals surface area contributed by atoms with Crippen LogP contribution in [-0.4, -0.2) is 26.1 Å². The number of hydrogen-bond donors (Lipinski definition) is 0. The van der Waals surface area contributed by atoms with Crippen LogP contribution in [-0.2, 0) is 4.74 Å². The number of nitriles is 1. The zero-order valence-corrected chi connectivity index (χ0v) is 6.80. The van der Waals surface area contributed by atoms with Crippen molar-refractivity contribution >= 4 is 0 Å². The van der Waals surface area contributed by atoms with Crippen molar-refractivity contribution < 1.29 is 4.74 Å². The Hall–Kier alpha value is -1.17. The highest BCUT2D eigenvalue weighted by atomic mass is 16.5. The quantitative estimate of drug-likeness (QED) is 0.423. The van der Waals surface area contributed by atoms with Crippen molar-refractivity contribution in [3.05, 3.63) is 11.5 Å². The third-order valence-electron chi connectivity index (χ3n) is 1.31. The summed E-state index contributed by atoms with van der Waals surface area (Å²) >= 11 is 0. The van der Waals surface area contributed by atoms with Crippen molar-refractivity contribution in [1.29, 1.82) is 5.26 Å². The van der Waals surface area contributed by atoms with Gasteiger partial charge < -0.3 is 9.64 Å². The SMILES string of the molecule is COC(C#N)=C(C)N(C)C. The predicted octanol–water partition coefficient (Wildman–Crippen LogP) is 0.949. The second-order valence-corrected chi connectivity index (χ2v) is 2.12. The molecule has 0 rings (SSSR count). The molecule has 0 bridgehead atoms. The van der Waals surface area contributed by atoms with Gasteiger partial charge in [-0.2, -0.15) is 5.26 Å². The maximum Gasteiger partial charge on any atom is 0.216 e. The van der Waals surface area contributed by atoms with Crippen molar-refractivity contribution in [2.75, 3.05) is 21.2 Å². The summed E-state index contributed by atoms with van der Waals surface area (Å²) < 4.78 is 4.80. The molecule has 0 fully saturated rings. The van der Waals surface area contributed by atoms with Crippen LogP contribution in [0.3, 0.4) is 0 Å². The second kappa shape index (κ2) is 3.78. The first-order chi connectivity index (χ1) is 4.63. The minimum Gasteiger partial charge on any atom is -0.486 e. The average Bonchev–Trinajstić information content (AvgIpc) is 1.90. The van der Waals surface area contributed by atoms with Crippen LogP contribution in [0.15, 0.2) is 11.5 Å². The van der Waals surface area contributed by atoms with Crippen LogP contribution in [0.25, 0.3) is 0 Å². The van der Waals surface area contributed by atoms with E-state index in [4.69, 9.17) is 10.00 Å². The molecule has 0 saturated carbocycles. The molecule has 56 valence electrons. The van der Waals surface area contributed by atoms with E-state index in [0.717, 1.165) is 5.70 Å². The van der Waals surface area contributed by atoms with Crippen LogP contribution in [0, 0.1) is 11.3 Å². The molecular weight excluding hydrogens is 128 g/mol. The van der Waals surface area contributed by atoms with Crippen molar-refractivity contribution in [3.8, 4) is 6.07 Å². The van der Waals surface area contributed by atoms with E-state index in [2.05, 4.69) is 0 Å². The molecule has 0 N–H and O–H groups in total. The summed E-state index contributed by atoms with van der Waals surface area (Å²) in [7, 11) is 5.23. The van der Waals surface area contributed by atoms with E-state index >= 15 is 0 Å². The van der Waals surface area contributed by atoms with Gasteiger partial charge in [0.05, 0.1) is 12.8 Å². The van der Waals surface area contributed by atoms with Gasteiger partial charge in [0, 0.05) is 14.1 Å². The zero-order valence-electron chi connectivity index (χ0n) is 6.80. The van der Waals surface area contributed by atoms with Gasteiger partial charge >= 0.3 is 0 Å². The van der Waals surface area contributed by atoms with Crippen molar-refractivity contribution in [1.82, 2.24) is 4.90 Å². The number of rotatable bonds is 2. The van der Waals surface area contributed by atoms with Gasteiger partial charge in [-0.3, -0.25) is 0 Å². The molecule has 3 nitrogen and oxygen atoms in total. The topological polar surface area (TPSA) is 36.3 Å². The Kier molecular flexibility index (Phi) is 3.34. The average molecular weight is 140 g/mol. The first-order valence-corrected chi connectivity index (χ1v) is 2.95. The van der Waals surface area contributed by atoms with Crippen LogP contribution in [0.4, 0.5) is 0 Å². The fourth-order valence-electron chi connectivity index (χ4n) is 0.477. The smallest absolute Gasteiger partial charge is 0.216 e. The summed E-state index contributed by atoms with van der Waals surface area (Å²) in [6, 6.07) is 1.95. The van der Waals surface area contributed by atoms with E-state index in [1.54, 1.807) is 0 Å². The van der Waals surface area contributed by atoms with E-state index < -0.39 is 0 Å². The van der Waals surface area contributed by atoms with Crippen LogP contribution in [0.5, 0.6) is 0 Å². The molecule has 0 aromatic heterocycles. The Labute approximate surface area is 61.5 Å². The maximum atomic E-state index is 8.49. The molecule has 0 unspecified atom stereocenters. The molecule has 0 heterocycles. The standard InChI is InChI=1S/C7H12N2O/c1-6(9(2)3)7(5-8)10-4/h1-4H3. The molecular formula is C7H12N2O. The lowest BCUT2D eigenvalue weighted by molar-refractivity contribution is 0.291. The van der Waals surface area contributed by atoms with Gasteiger partial charge in [-0.05, 0) is 6.92 Å². The molecule has 0 spiro atoms. The molecule has 0 amide bonds. The van der Waals surface area contributed by atoms with Crippen LogP contribution in [0.2, 0.25) is 0 Å². The van der Waals surface area contributed by atoms with Crippen molar-refractivity contribution in [2.24, 2.45) is 0 Å². The summed E-state index contributed by atoms with van der Waals surface area (Å²) in [5.41, 5.74) is 0.838. The summed E-state index contributed by atoms with van der Waals surface area (Å²) in [6.07, 6.45) is 0. The van der Waals surface area contributed by atoms with Crippen LogP contribution >= 0.6 is 0 Å². The highest BCUT2D eigenvalue weighted by Crippen LogP contribution is 2.04. The Balaban J connectivity index is 4.48. The van der Waals surface area contributed by atoms with E-state index in [0.29, 0.717) is 5.76 Å². The highest BCUT2D eigenvalue weighted by molar-refractivity contribution is 5.18. The van der Waals surface area contributed by atoms with Crippen molar-refractivity contribution in [2.45, 2.75) is 6.92 Å². The molecule has 10 heavy (non-hydrogen) atoms. The van der Waals surface area contributed by atoms with Gasteiger partial charge in [0.25, 0.3) is 0 Å². The summed E-state index contributed by atoms with van der Waals surface area (Å²) in [5, 5.41) is 8.49. The van der Waals surface area contributed by atoms with E-state index in [-0.39, 0.29) is 0 Å². The summed E-state index contributed by atoms with van der Waals surface area (Å²) in [6.45, 7) is 1.84. The Morgan fingerprint density at radius 1 is 1.50 bits per heavy atom. The molecule has 0 atom stereocenters. The largest absolute Gasteiger partial charge is 0.486 e. The minimum atomic E-state index is 0.366. The fraction of sp³-hybridized carbons (Fsp3) is 0.571. The van der Waals surface area contributed by atoms with Crippen molar-refractivity contribution in [3.63, 3.8) is 0 Å². The number of nitrogens with zero attached hydrogens (tertiary/aromatic N) is 2. The fourth-order valence-corrected chi connectivity index (χ4v) is 0.477. The van der Waals surface area contributed by atoms with E-state index in [1.807, 2.05) is 32.0 Å². The molecule has 0 aliphatic rings. The second-order valence-electron chi connectivity index (χ2n) is 2.12. The highest BCUT2D eigenvalue weighted by Gasteiger charge is 2.01. The van der Waals surface area contributed by atoms with Crippen LogP contribution in [0.1, 0.15) is 6.92 Å². The van der Waals surface area contributed by atoms with Gasteiger partial charge in [0.2, 0.25) is 5.76 Å². The lowest BCUT2D eigenvalue weighted by Crippen LogP contribution is -2.11. The number of ether oxygens (including phenoxy) is 1.